The number of aliphatic carboxylic acids is 1. The lowest BCUT2D eigenvalue weighted by molar-refractivity contribution is -0.910. The van der Waals surface area contributed by atoms with Crippen molar-refractivity contribution in [1.82, 2.24) is 0 Å². The molecule has 0 saturated carbocycles. The van der Waals surface area contributed by atoms with Gasteiger partial charge in [-0.2, -0.15) is 8.42 Å². The highest BCUT2D eigenvalue weighted by atomic mass is 32.3. The molecule has 9 nitrogen and oxygen atoms in total. The normalized spacial score (nSPS) is 11.8. The summed E-state index contributed by atoms with van der Waals surface area (Å²) in [6, 6.07) is 0. The zero-order chi connectivity index (χ0) is 26.1. The Labute approximate surface area is 208 Å². The molecule has 0 rings (SSSR count). The third-order valence-corrected chi connectivity index (χ3v) is 6.69. The van der Waals surface area contributed by atoms with Crippen LogP contribution in [-0.2, 0) is 23.6 Å². The Morgan fingerprint density at radius 3 is 1.56 bits per heavy atom. The fraction of sp³-hybridized carbons (Fsp3) is 0.958. The zero-order valence-corrected chi connectivity index (χ0v) is 22.7. The number of hydrogen-bond acceptors (Lipinski definition) is 8. The summed E-state index contributed by atoms with van der Waals surface area (Å²) in [7, 11) is -1.09. The van der Waals surface area contributed by atoms with Gasteiger partial charge in [0.15, 0.2) is 0 Å². The van der Waals surface area contributed by atoms with Crippen LogP contribution in [0, 0.1) is 0 Å². The second kappa shape index (κ2) is 23.9. The first kappa shape index (κ1) is 35.4. The van der Waals surface area contributed by atoms with E-state index in [0.717, 1.165) is 20.0 Å². The van der Waals surface area contributed by atoms with Crippen molar-refractivity contribution >= 4 is 16.4 Å². The number of rotatable bonds is 23. The maximum atomic E-state index is 10.9. The smallest absolute Gasteiger partial charge is 0.399 e. The number of hydrogen-bond donors (Lipinski definition) is 2. The number of carboxylic acids is 1. The van der Waals surface area contributed by atoms with Gasteiger partial charge < -0.3 is 24.6 Å². The van der Waals surface area contributed by atoms with E-state index in [9.17, 15) is 18.3 Å². The van der Waals surface area contributed by atoms with Gasteiger partial charge in [-0.25, -0.2) is 4.18 Å². The number of unbranched alkanes of at least 4 members (excludes halogenated alkanes) is 12. The van der Waals surface area contributed by atoms with E-state index in [1.165, 1.54) is 70.6 Å². The number of likely N-dealkylation sites (N-methyl/N-ethyl adjacent to an activating group) is 1. The van der Waals surface area contributed by atoms with E-state index in [1.54, 1.807) is 7.05 Å². The SMILES string of the molecule is CCCCCCCCCCCCCCCC(=O)[O-].COS(=O)(=O)OCC[N+](C)(CCO)CCO. The highest BCUT2D eigenvalue weighted by Gasteiger charge is 2.21. The van der Waals surface area contributed by atoms with Gasteiger partial charge in [-0.1, -0.05) is 84.0 Å². The van der Waals surface area contributed by atoms with Crippen LogP contribution in [0.4, 0.5) is 0 Å². The summed E-state index contributed by atoms with van der Waals surface area (Å²) >= 11 is 0. The zero-order valence-electron chi connectivity index (χ0n) is 21.8. The Kier molecular flexibility index (Phi) is 24.9. The molecule has 0 saturated heterocycles. The van der Waals surface area contributed by atoms with Crippen molar-refractivity contribution in [3.8, 4) is 0 Å². The third kappa shape index (κ3) is 25.8. The minimum Gasteiger partial charge on any atom is -0.550 e. The third-order valence-electron chi connectivity index (χ3n) is 5.83. The van der Waals surface area contributed by atoms with Crippen molar-refractivity contribution in [2.24, 2.45) is 0 Å². The first-order chi connectivity index (χ1) is 16.2. The number of nitrogens with zero attached hydrogens (tertiary/aromatic N) is 1. The fourth-order valence-electron chi connectivity index (χ4n) is 3.51. The largest absolute Gasteiger partial charge is 0.550 e. The molecule has 34 heavy (non-hydrogen) atoms. The van der Waals surface area contributed by atoms with Crippen LogP contribution in [-0.4, -0.2) is 82.7 Å². The van der Waals surface area contributed by atoms with Crippen molar-refractivity contribution in [2.75, 3.05) is 53.6 Å². The molecule has 0 atom stereocenters. The van der Waals surface area contributed by atoms with Crippen LogP contribution in [0.3, 0.4) is 0 Å². The molecule has 0 aromatic carbocycles. The number of carboxylic acid groups (broad SMARTS) is 1. The molecule has 0 bridgehead atoms. The van der Waals surface area contributed by atoms with Crippen LogP contribution >= 0.6 is 0 Å². The van der Waals surface area contributed by atoms with E-state index in [4.69, 9.17) is 10.2 Å². The minimum atomic E-state index is -3.91. The van der Waals surface area contributed by atoms with Crippen LogP contribution < -0.4 is 5.11 Å². The second-order valence-electron chi connectivity index (χ2n) is 9.00. The number of aliphatic hydroxyl groups is 2. The van der Waals surface area contributed by atoms with Crippen molar-refractivity contribution in [2.45, 2.75) is 96.8 Å². The van der Waals surface area contributed by atoms with Gasteiger partial charge in [-0.3, -0.25) is 4.18 Å². The van der Waals surface area contributed by atoms with Crippen LogP contribution in [0.1, 0.15) is 96.8 Å². The van der Waals surface area contributed by atoms with Crippen LogP contribution in [0.25, 0.3) is 0 Å². The summed E-state index contributed by atoms with van der Waals surface area (Å²) in [5, 5.41) is 27.9. The molecule has 0 aromatic heterocycles. The molecule has 0 heterocycles. The minimum absolute atomic E-state index is 0.0342. The van der Waals surface area contributed by atoms with Gasteiger partial charge >= 0.3 is 10.4 Å². The summed E-state index contributed by atoms with van der Waals surface area (Å²) in [6.45, 7) is 3.36. The van der Waals surface area contributed by atoms with E-state index < -0.39 is 16.4 Å². The number of aliphatic hydroxyl groups excluding tert-OH is 2. The van der Waals surface area contributed by atoms with Gasteiger partial charge in [0.05, 0.1) is 27.4 Å². The molecule has 206 valence electrons. The maximum absolute atomic E-state index is 10.9. The van der Waals surface area contributed by atoms with Crippen molar-refractivity contribution in [3.05, 3.63) is 0 Å². The highest BCUT2D eigenvalue weighted by Crippen LogP contribution is 2.12. The molecule has 0 aromatic rings. The van der Waals surface area contributed by atoms with Crippen LogP contribution in [0.15, 0.2) is 0 Å². The molecule has 0 unspecified atom stereocenters. The van der Waals surface area contributed by atoms with Crippen molar-refractivity contribution in [1.29, 1.82) is 0 Å². The molecule has 0 aliphatic rings. The van der Waals surface area contributed by atoms with Gasteiger partial charge in [0, 0.05) is 5.97 Å². The number of carbonyl (C=O) groups is 1. The summed E-state index contributed by atoms with van der Waals surface area (Å²) < 4.78 is 30.7. The fourth-order valence-corrected chi connectivity index (χ4v) is 3.89. The Bertz CT molecular complexity index is 551. The summed E-state index contributed by atoms with van der Waals surface area (Å²) in [4.78, 5) is 10.2. The molecule has 0 aliphatic carbocycles. The molecular weight excluding hydrogens is 462 g/mol. The number of carbonyl (C=O) groups excluding carboxylic acids is 1. The molecule has 0 aliphatic heterocycles. The van der Waals surface area contributed by atoms with Crippen LogP contribution in [0.5, 0.6) is 0 Å². The molecule has 0 amide bonds. The summed E-state index contributed by atoms with van der Waals surface area (Å²) in [5.74, 6) is -0.905. The van der Waals surface area contributed by atoms with Crippen LogP contribution in [0.2, 0.25) is 0 Å². The first-order valence-electron chi connectivity index (χ1n) is 12.9. The van der Waals surface area contributed by atoms with Gasteiger partial charge in [0.25, 0.3) is 0 Å². The predicted octanol–water partition coefficient (Wildman–Crippen LogP) is 2.54. The summed E-state index contributed by atoms with van der Waals surface area (Å²) in [5.41, 5.74) is 0. The predicted molar refractivity (Wildman–Crippen MR) is 132 cm³/mol. The highest BCUT2D eigenvalue weighted by molar-refractivity contribution is 7.81. The quantitative estimate of drug-likeness (QED) is 0.157. The van der Waals surface area contributed by atoms with E-state index in [2.05, 4.69) is 15.3 Å². The molecule has 2 N–H and O–H groups in total. The average Bonchev–Trinajstić information content (AvgIpc) is 2.77. The van der Waals surface area contributed by atoms with E-state index in [1.807, 2.05) is 0 Å². The van der Waals surface area contributed by atoms with Crippen molar-refractivity contribution < 1.29 is 41.4 Å². The lowest BCUT2D eigenvalue weighted by Gasteiger charge is -2.32. The van der Waals surface area contributed by atoms with Gasteiger partial charge in [0.1, 0.15) is 26.2 Å². The summed E-state index contributed by atoms with van der Waals surface area (Å²) in [6.07, 6.45) is 16.9. The Morgan fingerprint density at radius 2 is 1.21 bits per heavy atom. The molecule has 0 radical (unpaired) electrons. The first-order valence-corrected chi connectivity index (χ1v) is 14.2. The van der Waals surface area contributed by atoms with Crippen molar-refractivity contribution in [3.63, 3.8) is 0 Å². The lowest BCUT2D eigenvalue weighted by atomic mass is 10.0. The standard InChI is InChI=1S/C16H32O2.C8H20NO6S/c1-2-3-4-5-6-7-8-9-10-11-12-13-14-15-16(17)18;1-9(3-6-10,4-7-11)5-8-15-16(12,13)14-2/h2-15H2,1H3,(H,17,18);10-11H,3-8H2,1-2H3/q;+1/p-1. The topological polar surface area (TPSA) is 133 Å². The van der Waals surface area contributed by atoms with E-state index in [-0.39, 0.29) is 26.2 Å². The van der Waals surface area contributed by atoms with E-state index in [0.29, 0.717) is 24.1 Å². The average molecular weight is 514 g/mol. The van der Waals surface area contributed by atoms with E-state index >= 15 is 0 Å². The number of quaternary nitrogens is 1. The Balaban J connectivity index is 0. The lowest BCUT2D eigenvalue weighted by Crippen LogP contribution is -2.50. The second-order valence-corrected chi connectivity index (χ2v) is 10.4. The van der Waals surface area contributed by atoms with Gasteiger partial charge in [-0.15, -0.1) is 0 Å². The molecule has 0 fully saturated rings. The monoisotopic (exact) mass is 513 g/mol. The molecular formula is C24H51NO8S. The van der Waals surface area contributed by atoms with Gasteiger partial charge in [0.2, 0.25) is 0 Å². The Morgan fingerprint density at radius 1 is 0.794 bits per heavy atom. The molecule has 0 spiro atoms. The van der Waals surface area contributed by atoms with Gasteiger partial charge in [-0.05, 0) is 12.8 Å². The Hall–Kier alpha value is -0.780. The maximum Gasteiger partial charge on any atom is 0.399 e. The molecule has 10 heteroatoms.